The van der Waals surface area contributed by atoms with Gasteiger partial charge in [-0.3, -0.25) is 9.59 Å². The molecular weight excluding hydrogens is 394 g/mol. The summed E-state index contributed by atoms with van der Waals surface area (Å²) in [7, 11) is 1.62. The van der Waals surface area contributed by atoms with Gasteiger partial charge in [-0.25, -0.2) is 0 Å². The first-order valence-corrected chi connectivity index (χ1v) is 11.4. The maximum Gasteiger partial charge on any atom is 0.290 e. The fourth-order valence-corrected chi connectivity index (χ4v) is 5.07. The van der Waals surface area contributed by atoms with E-state index in [4.69, 9.17) is 14.2 Å². The van der Waals surface area contributed by atoms with Crippen molar-refractivity contribution < 1.29 is 23.8 Å². The van der Waals surface area contributed by atoms with Crippen LogP contribution in [0.2, 0.25) is 0 Å². The normalized spacial score (nSPS) is 28.0. The number of hydrogen-bond acceptors (Lipinski definition) is 5. The van der Waals surface area contributed by atoms with E-state index in [-0.39, 0.29) is 35.6 Å². The summed E-state index contributed by atoms with van der Waals surface area (Å²) in [5.74, 6) is 1.20. The van der Waals surface area contributed by atoms with Crippen molar-refractivity contribution in [2.75, 3.05) is 20.3 Å². The van der Waals surface area contributed by atoms with E-state index < -0.39 is 6.04 Å². The third-order valence-electron chi connectivity index (χ3n) is 6.61. The molecule has 2 heterocycles. The number of amides is 1. The Bertz CT molecular complexity index is 876. The van der Waals surface area contributed by atoms with Crippen molar-refractivity contribution in [3.05, 3.63) is 41.2 Å². The minimum absolute atomic E-state index is 0.0832. The average Bonchev–Trinajstić information content (AvgIpc) is 3.04. The van der Waals surface area contributed by atoms with Crippen LogP contribution in [-0.2, 0) is 19.1 Å². The number of methoxy groups -OCH3 is 1. The third kappa shape index (κ3) is 4.22. The highest BCUT2D eigenvalue weighted by Crippen LogP contribution is 2.47. The molecule has 0 aromatic heterocycles. The van der Waals surface area contributed by atoms with Crippen LogP contribution in [0.15, 0.2) is 35.6 Å². The van der Waals surface area contributed by atoms with Gasteiger partial charge in [-0.1, -0.05) is 19.1 Å². The average molecular weight is 428 g/mol. The van der Waals surface area contributed by atoms with Gasteiger partial charge in [0.2, 0.25) is 0 Å². The van der Waals surface area contributed by atoms with E-state index in [0.717, 1.165) is 24.8 Å². The summed E-state index contributed by atoms with van der Waals surface area (Å²) in [5, 5.41) is 0. The van der Waals surface area contributed by atoms with Gasteiger partial charge in [-0.2, -0.15) is 0 Å². The molecule has 0 spiro atoms. The van der Waals surface area contributed by atoms with Gasteiger partial charge < -0.3 is 19.1 Å². The number of carbonyl (C=O) groups excluding carboxylic acids is 2. The van der Waals surface area contributed by atoms with Crippen LogP contribution in [0.25, 0.3) is 0 Å². The summed E-state index contributed by atoms with van der Waals surface area (Å²) in [6.45, 7) is 7.25. The number of Topliss-reactive ketones (excluding diaryl/α,β-unsaturated/α-hetero) is 1. The van der Waals surface area contributed by atoms with E-state index in [1.54, 1.807) is 12.0 Å². The Hall–Kier alpha value is -2.34. The van der Waals surface area contributed by atoms with Crippen LogP contribution in [0.5, 0.6) is 5.75 Å². The number of rotatable bonds is 7. The quantitative estimate of drug-likeness (QED) is 0.614. The molecule has 31 heavy (non-hydrogen) atoms. The molecule has 0 radical (unpaired) electrons. The Labute approximate surface area is 184 Å². The highest BCUT2D eigenvalue weighted by molar-refractivity contribution is 6.11. The van der Waals surface area contributed by atoms with Gasteiger partial charge >= 0.3 is 0 Å². The largest absolute Gasteiger partial charge is 0.497 e. The Kier molecular flexibility index (Phi) is 6.37. The lowest BCUT2D eigenvalue weighted by molar-refractivity contribution is -0.136. The van der Waals surface area contributed by atoms with Crippen molar-refractivity contribution in [2.45, 2.75) is 64.7 Å². The second-order valence-electron chi connectivity index (χ2n) is 9.24. The molecule has 1 aromatic carbocycles. The summed E-state index contributed by atoms with van der Waals surface area (Å²) >= 11 is 0. The van der Waals surface area contributed by atoms with Crippen LogP contribution in [-0.4, -0.2) is 49.1 Å². The summed E-state index contributed by atoms with van der Waals surface area (Å²) in [6.07, 6.45) is 3.34. The van der Waals surface area contributed by atoms with Crippen molar-refractivity contribution in [1.29, 1.82) is 0 Å². The fourth-order valence-electron chi connectivity index (χ4n) is 5.07. The molecule has 6 heteroatoms. The predicted molar refractivity (Wildman–Crippen MR) is 117 cm³/mol. The first-order valence-electron chi connectivity index (χ1n) is 11.4. The summed E-state index contributed by atoms with van der Waals surface area (Å²) in [5.41, 5.74) is 1.40. The van der Waals surface area contributed by atoms with E-state index in [1.807, 2.05) is 38.1 Å². The van der Waals surface area contributed by atoms with Gasteiger partial charge in [-0.15, -0.1) is 0 Å². The Balaban J connectivity index is 1.67. The fraction of sp³-hybridized carbons (Fsp3) is 0.600. The van der Waals surface area contributed by atoms with Crippen LogP contribution < -0.4 is 4.74 Å². The van der Waals surface area contributed by atoms with Crippen LogP contribution >= 0.6 is 0 Å². The van der Waals surface area contributed by atoms with Crippen molar-refractivity contribution in [3.63, 3.8) is 0 Å². The van der Waals surface area contributed by atoms with Crippen molar-refractivity contribution in [2.24, 2.45) is 11.8 Å². The first-order chi connectivity index (χ1) is 14.9. The molecule has 1 aliphatic carbocycles. The van der Waals surface area contributed by atoms with Gasteiger partial charge in [-0.05, 0) is 63.1 Å². The topological polar surface area (TPSA) is 65.1 Å². The summed E-state index contributed by atoms with van der Waals surface area (Å²) in [6, 6.07) is 7.19. The maximum absolute atomic E-state index is 13.7. The van der Waals surface area contributed by atoms with Crippen molar-refractivity contribution in [1.82, 2.24) is 4.90 Å². The van der Waals surface area contributed by atoms with Crippen LogP contribution in [0.4, 0.5) is 0 Å². The molecule has 4 atom stereocenters. The SMILES string of the molecule is COc1cccc(C2C3=C(OC4CCC(C)CC4C3=O)C(=O)N2CCCOC(C)C)c1. The second kappa shape index (κ2) is 9.03. The van der Waals surface area contributed by atoms with Gasteiger partial charge in [0.1, 0.15) is 11.9 Å². The number of nitrogens with zero attached hydrogens (tertiary/aromatic N) is 1. The number of carbonyl (C=O) groups is 2. The minimum atomic E-state index is -0.442. The number of ether oxygens (including phenoxy) is 3. The Morgan fingerprint density at radius 2 is 2.03 bits per heavy atom. The van der Waals surface area contributed by atoms with Crippen LogP contribution in [0, 0.1) is 11.8 Å². The number of ketones is 1. The lowest BCUT2D eigenvalue weighted by atomic mass is 9.74. The molecule has 1 saturated carbocycles. The second-order valence-corrected chi connectivity index (χ2v) is 9.24. The smallest absolute Gasteiger partial charge is 0.290 e. The van der Waals surface area contributed by atoms with Crippen LogP contribution in [0.3, 0.4) is 0 Å². The molecular formula is C25H33NO5. The molecule has 0 N–H and O–H groups in total. The number of hydrogen-bond donors (Lipinski definition) is 0. The standard InChI is InChI=1S/C25H33NO5/c1-15(2)30-12-6-11-26-22(17-7-5-8-18(14-17)29-4)21-23(27)19-13-16(3)9-10-20(19)31-24(21)25(26)28/h5,7-8,14-16,19-20,22H,6,9-13H2,1-4H3. The van der Waals surface area contributed by atoms with Gasteiger partial charge in [0.25, 0.3) is 5.91 Å². The lowest BCUT2D eigenvalue weighted by Crippen LogP contribution is -2.41. The van der Waals surface area contributed by atoms with E-state index >= 15 is 0 Å². The monoisotopic (exact) mass is 427 g/mol. The summed E-state index contributed by atoms with van der Waals surface area (Å²) < 4.78 is 17.3. The minimum Gasteiger partial charge on any atom is -0.497 e. The lowest BCUT2D eigenvalue weighted by Gasteiger charge is -2.37. The third-order valence-corrected chi connectivity index (χ3v) is 6.61. The summed E-state index contributed by atoms with van der Waals surface area (Å²) in [4.78, 5) is 28.9. The van der Waals surface area contributed by atoms with Crippen molar-refractivity contribution >= 4 is 11.7 Å². The zero-order chi connectivity index (χ0) is 22.1. The molecule has 0 saturated heterocycles. The Morgan fingerprint density at radius 1 is 1.23 bits per heavy atom. The van der Waals surface area contributed by atoms with E-state index in [0.29, 0.717) is 36.8 Å². The zero-order valence-electron chi connectivity index (χ0n) is 18.9. The molecule has 3 aliphatic rings. The molecule has 4 unspecified atom stereocenters. The molecule has 0 bridgehead atoms. The number of fused-ring (bicyclic) bond motifs is 1. The molecule has 6 nitrogen and oxygen atoms in total. The van der Waals surface area contributed by atoms with E-state index in [9.17, 15) is 9.59 Å². The molecule has 1 aromatic rings. The van der Waals surface area contributed by atoms with Crippen LogP contribution in [0.1, 0.15) is 58.1 Å². The van der Waals surface area contributed by atoms with E-state index in [2.05, 4.69) is 6.92 Å². The highest BCUT2D eigenvalue weighted by atomic mass is 16.5. The molecule has 1 amide bonds. The predicted octanol–water partition coefficient (Wildman–Crippen LogP) is 4.05. The molecule has 2 aliphatic heterocycles. The van der Waals surface area contributed by atoms with Gasteiger partial charge in [0.05, 0.1) is 30.7 Å². The zero-order valence-corrected chi connectivity index (χ0v) is 18.9. The number of benzene rings is 1. The van der Waals surface area contributed by atoms with E-state index in [1.165, 1.54) is 0 Å². The molecule has 1 fully saturated rings. The molecule has 168 valence electrons. The van der Waals surface area contributed by atoms with Gasteiger partial charge in [0, 0.05) is 13.2 Å². The maximum atomic E-state index is 13.7. The van der Waals surface area contributed by atoms with Crippen molar-refractivity contribution in [3.8, 4) is 5.75 Å². The first kappa shape index (κ1) is 21.9. The Morgan fingerprint density at radius 3 is 2.77 bits per heavy atom. The molecule has 4 rings (SSSR count). The highest BCUT2D eigenvalue weighted by Gasteiger charge is 2.52. The van der Waals surface area contributed by atoms with Gasteiger partial charge in [0.15, 0.2) is 11.5 Å².